The van der Waals surface area contributed by atoms with Crippen LogP contribution in [0.25, 0.3) is 10.8 Å². The van der Waals surface area contributed by atoms with Gasteiger partial charge in [-0.2, -0.15) is 0 Å². The molecule has 0 amide bonds. The Hall–Kier alpha value is -1.34. The molecule has 0 bridgehead atoms. The largest absolute Gasteiger partial charge is 0.316 e. The molecule has 0 aliphatic carbocycles. The van der Waals surface area contributed by atoms with Crippen molar-refractivity contribution in [2.45, 2.75) is 25.7 Å². The third-order valence-corrected chi connectivity index (χ3v) is 4.34. The van der Waals surface area contributed by atoms with E-state index in [0.717, 1.165) is 5.92 Å². The molecular weight excluding hydrogens is 218 g/mol. The molecule has 1 aliphatic rings. The Labute approximate surface area is 109 Å². The lowest BCUT2D eigenvalue weighted by Gasteiger charge is -2.28. The quantitative estimate of drug-likeness (QED) is 0.837. The van der Waals surface area contributed by atoms with Gasteiger partial charge in [-0.25, -0.2) is 0 Å². The van der Waals surface area contributed by atoms with Gasteiger partial charge in [-0.05, 0) is 54.1 Å². The van der Waals surface area contributed by atoms with E-state index >= 15 is 0 Å². The molecule has 2 aromatic rings. The Kier molecular flexibility index (Phi) is 3.33. The highest BCUT2D eigenvalue weighted by Gasteiger charge is 2.21. The highest BCUT2D eigenvalue weighted by molar-refractivity contribution is 5.83. The molecule has 1 saturated heterocycles. The zero-order chi connectivity index (χ0) is 12.4. The minimum Gasteiger partial charge on any atom is -0.316 e. The molecule has 0 radical (unpaired) electrons. The first kappa shape index (κ1) is 11.7. The standard InChI is InChI=1S/C17H21N/c1-13(17-7-4-10-18-12-17)15-9-8-14-5-2-3-6-16(14)11-15/h2-3,5-6,8-9,11,13,17-18H,4,7,10,12H2,1H3/t13-,17+/m1/s1. The number of benzene rings is 2. The molecule has 1 fully saturated rings. The van der Waals surface area contributed by atoms with Crippen molar-refractivity contribution in [2.75, 3.05) is 13.1 Å². The van der Waals surface area contributed by atoms with Gasteiger partial charge < -0.3 is 5.32 Å². The second-order valence-corrected chi connectivity index (χ2v) is 5.50. The number of fused-ring (bicyclic) bond motifs is 1. The van der Waals surface area contributed by atoms with Crippen LogP contribution < -0.4 is 5.32 Å². The predicted molar refractivity (Wildman–Crippen MR) is 78.0 cm³/mol. The molecule has 0 spiro atoms. The van der Waals surface area contributed by atoms with Gasteiger partial charge in [0.2, 0.25) is 0 Å². The van der Waals surface area contributed by atoms with Crippen LogP contribution in [0.3, 0.4) is 0 Å². The molecule has 2 aromatic carbocycles. The summed E-state index contributed by atoms with van der Waals surface area (Å²) >= 11 is 0. The van der Waals surface area contributed by atoms with Crippen LogP contribution in [0, 0.1) is 5.92 Å². The van der Waals surface area contributed by atoms with Crippen LogP contribution in [0.5, 0.6) is 0 Å². The molecule has 1 heterocycles. The van der Waals surface area contributed by atoms with E-state index in [0.29, 0.717) is 5.92 Å². The highest BCUT2D eigenvalue weighted by Crippen LogP contribution is 2.30. The summed E-state index contributed by atoms with van der Waals surface area (Å²) < 4.78 is 0. The topological polar surface area (TPSA) is 12.0 Å². The smallest absolute Gasteiger partial charge is 0.00148 e. The molecule has 3 rings (SSSR count). The van der Waals surface area contributed by atoms with Gasteiger partial charge in [-0.15, -0.1) is 0 Å². The SMILES string of the molecule is C[C@H](c1ccc2ccccc2c1)[C@H]1CCCNC1. The molecule has 0 saturated carbocycles. The Morgan fingerprint density at radius 1 is 1.11 bits per heavy atom. The summed E-state index contributed by atoms with van der Waals surface area (Å²) in [7, 11) is 0. The first-order valence-corrected chi connectivity index (χ1v) is 7.04. The van der Waals surface area contributed by atoms with Crippen molar-refractivity contribution in [1.82, 2.24) is 5.32 Å². The Morgan fingerprint density at radius 3 is 2.72 bits per heavy atom. The first-order valence-electron chi connectivity index (χ1n) is 7.04. The average molecular weight is 239 g/mol. The fourth-order valence-electron chi connectivity index (χ4n) is 3.07. The summed E-state index contributed by atoms with van der Waals surface area (Å²) in [5, 5.41) is 6.23. The van der Waals surface area contributed by atoms with Crippen LogP contribution in [0.2, 0.25) is 0 Å². The predicted octanol–water partition coefficient (Wildman–Crippen LogP) is 3.94. The lowest BCUT2D eigenvalue weighted by Crippen LogP contribution is -2.32. The Balaban J connectivity index is 1.88. The van der Waals surface area contributed by atoms with Gasteiger partial charge in [-0.3, -0.25) is 0 Å². The molecule has 0 unspecified atom stereocenters. The normalized spacial score (nSPS) is 21.9. The van der Waals surface area contributed by atoms with E-state index in [1.54, 1.807) is 0 Å². The third kappa shape index (κ3) is 2.28. The van der Waals surface area contributed by atoms with Crippen molar-refractivity contribution in [3.05, 3.63) is 48.0 Å². The average Bonchev–Trinajstić information content (AvgIpc) is 2.47. The summed E-state index contributed by atoms with van der Waals surface area (Å²) in [5.41, 5.74) is 1.49. The molecular formula is C17H21N. The maximum Gasteiger partial charge on any atom is -0.00148 e. The van der Waals surface area contributed by atoms with E-state index in [4.69, 9.17) is 0 Å². The van der Waals surface area contributed by atoms with Gasteiger partial charge in [0.15, 0.2) is 0 Å². The minimum absolute atomic E-state index is 0.655. The molecule has 1 N–H and O–H groups in total. The molecule has 18 heavy (non-hydrogen) atoms. The number of piperidine rings is 1. The maximum atomic E-state index is 3.52. The van der Waals surface area contributed by atoms with Crippen LogP contribution in [-0.2, 0) is 0 Å². The van der Waals surface area contributed by atoms with Gasteiger partial charge in [0.25, 0.3) is 0 Å². The van der Waals surface area contributed by atoms with Crippen molar-refractivity contribution >= 4 is 10.8 Å². The molecule has 0 aromatic heterocycles. The lowest BCUT2D eigenvalue weighted by molar-refractivity contribution is 0.334. The van der Waals surface area contributed by atoms with E-state index in [1.807, 2.05) is 0 Å². The van der Waals surface area contributed by atoms with Gasteiger partial charge in [-0.1, -0.05) is 49.4 Å². The second-order valence-electron chi connectivity index (χ2n) is 5.50. The first-order chi connectivity index (χ1) is 8.84. The molecule has 1 aliphatic heterocycles. The number of hydrogen-bond donors (Lipinski definition) is 1. The lowest BCUT2D eigenvalue weighted by atomic mass is 9.82. The fraction of sp³-hybridized carbons (Fsp3) is 0.412. The Bertz CT molecular complexity index is 526. The van der Waals surface area contributed by atoms with E-state index in [9.17, 15) is 0 Å². The van der Waals surface area contributed by atoms with Crippen LogP contribution in [-0.4, -0.2) is 13.1 Å². The van der Waals surface area contributed by atoms with E-state index in [1.165, 1.54) is 42.3 Å². The van der Waals surface area contributed by atoms with Crippen LogP contribution in [0.15, 0.2) is 42.5 Å². The van der Waals surface area contributed by atoms with Crippen LogP contribution in [0.4, 0.5) is 0 Å². The van der Waals surface area contributed by atoms with Gasteiger partial charge in [0.05, 0.1) is 0 Å². The summed E-state index contributed by atoms with van der Waals surface area (Å²) in [6.45, 7) is 4.75. The third-order valence-electron chi connectivity index (χ3n) is 4.34. The number of nitrogens with one attached hydrogen (secondary N) is 1. The fourth-order valence-corrected chi connectivity index (χ4v) is 3.07. The zero-order valence-electron chi connectivity index (χ0n) is 11.0. The Morgan fingerprint density at radius 2 is 1.94 bits per heavy atom. The van der Waals surface area contributed by atoms with Gasteiger partial charge in [0, 0.05) is 0 Å². The van der Waals surface area contributed by atoms with Crippen LogP contribution >= 0.6 is 0 Å². The van der Waals surface area contributed by atoms with Crippen molar-refractivity contribution in [3.63, 3.8) is 0 Å². The second kappa shape index (κ2) is 5.11. The van der Waals surface area contributed by atoms with Gasteiger partial charge >= 0.3 is 0 Å². The molecule has 1 nitrogen and oxygen atoms in total. The van der Waals surface area contributed by atoms with E-state index in [-0.39, 0.29) is 0 Å². The molecule has 2 atom stereocenters. The van der Waals surface area contributed by atoms with Gasteiger partial charge in [0.1, 0.15) is 0 Å². The number of rotatable bonds is 2. The zero-order valence-corrected chi connectivity index (χ0v) is 11.0. The molecule has 94 valence electrons. The van der Waals surface area contributed by atoms with E-state index in [2.05, 4.69) is 54.7 Å². The minimum atomic E-state index is 0.655. The maximum absolute atomic E-state index is 3.52. The summed E-state index contributed by atoms with van der Waals surface area (Å²) in [4.78, 5) is 0. The van der Waals surface area contributed by atoms with E-state index < -0.39 is 0 Å². The highest BCUT2D eigenvalue weighted by atomic mass is 14.9. The summed E-state index contributed by atoms with van der Waals surface area (Å²) in [6, 6.07) is 15.6. The van der Waals surface area contributed by atoms with Crippen molar-refractivity contribution in [3.8, 4) is 0 Å². The molecule has 1 heteroatoms. The summed E-state index contributed by atoms with van der Waals surface area (Å²) in [6.07, 6.45) is 2.68. The van der Waals surface area contributed by atoms with Crippen LogP contribution in [0.1, 0.15) is 31.2 Å². The van der Waals surface area contributed by atoms with Crippen molar-refractivity contribution < 1.29 is 0 Å². The van der Waals surface area contributed by atoms with Crippen molar-refractivity contribution in [2.24, 2.45) is 5.92 Å². The monoisotopic (exact) mass is 239 g/mol. The summed E-state index contributed by atoms with van der Waals surface area (Å²) in [5.74, 6) is 1.45. The van der Waals surface area contributed by atoms with Crippen molar-refractivity contribution in [1.29, 1.82) is 0 Å². The number of hydrogen-bond acceptors (Lipinski definition) is 1.